The second kappa shape index (κ2) is 7.12. The van der Waals surface area contributed by atoms with Crippen LogP contribution in [0.4, 0.5) is 4.79 Å². The van der Waals surface area contributed by atoms with Crippen LogP contribution in [0.15, 0.2) is 18.6 Å². The SMILES string of the molecule is CC(C)(C)OC(=O)N1C2COCC1CC(C(=O)c1cnc3c(C#N)cnn3c1)C2. The van der Waals surface area contributed by atoms with Crippen molar-refractivity contribution in [3.8, 4) is 6.07 Å². The largest absolute Gasteiger partial charge is 0.444 e. The molecule has 152 valence electrons. The highest BCUT2D eigenvalue weighted by Gasteiger charge is 2.45. The number of ketones is 1. The van der Waals surface area contributed by atoms with Crippen LogP contribution in [0.1, 0.15) is 49.5 Å². The van der Waals surface area contributed by atoms with Gasteiger partial charge in [-0.25, -0.2) is 14.3 Å². The lowest BCUT2D eigenvalue weighted by Gasteiger charge is -2.47. The predicted octanol–water partition coefficient (Wildman–Crippen LogP) is 2.20. The molecule has 1 amide bonds. The molecule has 0 aliphatic carbocycles. The molecular formula is C20H23N5O4. The van der Waals surface area contributed by atoms with Crippen molar-refractivity contribution in [2.45, 2.75) is 51.3 Å². The van der Waals surface area contributed by atoms with E-state index in [0.29, 0.717) is 42.8 Å². The molecule has 2 aliphatic rings. The summed E-state index contributed by atoms with van der Waals surface area (Å²) in [6, 6.07) is 1.63. The smallest absolute Gasteiger partial charge is 0.410 e. The van der Waals surface area contributed by atoms with E-state index in [1.54, 1.807) is 11.1 Å². The van der Waals surface area contributed by atoms with Crippen molar-refractivity contribution >= 4 is 17.5 Å². The Morgan fingerprint density at radius 1 is 1.24 bits per heavy atom. The van der Waals surface area contributed by atoms with E-state index in [1.165, 1.54) is 16.9 Å². The molecule has 2 atom stereocenters. The van der Waals surface area contributed by atoms with E-state index in [2.05, 4.69) is 10.1 Å². The van der Waals surface area contributed by atoms with Crippen molar-refractivity contribution in [1.29, 1.82) is 5.26 Å². The number of nitrogens with zero attached hydrogens (tertiary/aromatic N) is 5. The van der Waals surface area contributed by atoms with E-state index in [0.717, 1.165) is 0 Å². The number of ether oxygens (including phenoxy) is 2. The molecule has 2 aromatic rings. The Bertz CT molecular complexity index is 988. The van der Waals surface area contributed by atoms with Gasteiger partial charge in [-0.2, -0.15) is 10.4 Å². The minimum Gasteiger partial charge on any atom is -0.444 e. The maximum Gasteiger partial charge on any atom is 0.410 e. The molecule has 2 saturated heterocycles. The van der Waals surface area contributed by atoms with Gasteiger partial charge in [0.2, 0.25) is 0 Å². The van der Waals surface area contributed by atoms with Gasteiger partial charge in [-0.05, 0) is 33.6 Å². The third-order valence-corrected chi connectivity index (χ3v) is 5.26. The second-order valence-corrected chi connectivity index (χ2v) is 8.55. The first-order chi connectivity index (χ1) is 13.8. The van der Waals surface area contributed by atoms with Crippen LogP contribution >= 0.6 is 0 Å². The van der Waals surface area contributed by atoms with Crippen molar-refractivity contribution in [1.82, 2.24) is 19.5 Å². The molecule has 29 heavy (non-hydrogen) atoms. The van der Waals surface area contributed by atoms with E-state index < -0.39 is 5.60 Å². The number of amides is 1. The number of aromatic nitrogens is 3. The Balaban J connectivity index is 1.53. The molecule has 2 aromatic heterocycles. The zero-order valence-electron chi connectivity index (χ0n) is 16.7. The molecule has 4 rings (SSSR count). The average molecular weight is 397 g/mol. The molecule has 0 saturated carbocycles. The van der Waals surface area contributed by atoms with Gasteiger partial charge in [-0.15, -0.1) is 0 Å². The van der Waals surface area contributed by atoms with Gasteiger partial charge < -0.3 is 9.47 Å². The molecule has 2 bridgehead atoms. The first kappa shape index (κ1) is 19.3. The van der Waals surface area contributed by atoms with Crippen LogP contribution < -0.4 is 0 Å². The number of carbonyl (C=O) groups is 2. The highest BCUT2D eigenvalue weighted by atomic mass is 16.6. The summed E-state index contributed by atoms with van der Waals surface area (Å²) < 4.78 is 12.6. The number of Topliss-reactive ketones (excluding diaryl/α,β-unsaturated/α-hetero) is 1. The minimum absolute atomic E-state index is 0.0332. The number of rotatable bonds is 2. The van der Waals surface area contributed by atoms with Crippen LogP contribution in [0.2, 0.25) is 0 Å². The Labute approximate surface area is 168 Å². The maximum atomic E-state index is 13.1. The molecule has 0 spiro atoms. The van der Waals surface area contributed by atoms with Crippen LogP contribution in [-0.4, -0.2) is 62.3 Å². The summed E-state index contributed by atoms with van der Waals surface area (Å²) in [7, 11) is 0. The fraction of sp³-hybridized carbons (Fsp3) is 0.550. The average Bonchev–Trinajstić information content (AvgIpc) is 3.07. The predicted molar refractivity (Wildman–Crippen MR) is 101 cm³/mol. The van der Waals surface area contributed by atoms with Crippen LogP contribution in [-0.2, 0) is 9.47 Å². The third-order valence-electron chi connectivity index (χ3n) is 5.26. The van der Waals surface area contributed by atoms with E-state index in [4.69, 9.17) is 14.7 Å². The Morgan fingerprint density at radius 3 is 2.55 bits per heavy atom. The molecule has 9 nitrogen and oxygen atoms in total. The van der Waals surface area contributed by atoms with Crippen molar-refractivity contribution in [3.05, 3.63) is 29.7 Å². The zero-order valence-corrected chi connectivity index (χ0v) is 16.7. The summed E-state index contributed by atoms with van der Waals surface area (Å²) >= 11 is 0. The summed E-state index contributed by atoms with van der Waals surface area (Å²) in [6.07, 6.45) is 5.19. The van der Waals surface area contributed by atoms with E-state index in [9.17, 15) is 9.59 Å². The van der Waals surface area contributed by atoms with E-state index >= 15 is 0 Å². The number of hydrogen-bond donors (Lipinski definition) is 0. The number of hydrogen-bond acceptors (Lipinski definition) is 7. The van der Waals surface area contributed by atoms with Gasteiger partial charge in [0.25, 0.3) is 0 Å². The lowest BCUT2D eigenvalue weighted by Crippen LogP contribution is -2.60. The van der Waals surface area contributed by atoms with Gasteiger partial charge >= 0.3 is 6.09 Å². The van der Waals surface area contributed by atoms with Gasteiger partial charge in [-0.1, -0.05) is 0 Å². The standard InChI is InChI=1S/C20H23N5O4/c1-20(2,3)29-19(27)25-15-4-12(5-16(25)11-28-10-15)17(26)14-7-22-18-13(6-21)8-23-24(18)9-14/h7-9,12,15-16H,4-5,10-11H2,1-3H3. The Morgan fingerprint density at radius 2 is 1.93 bits per heavy atom. The monoisotopic (exact) mass is 397 g/mol. The van der Waals surface area contributed by atoms with Gasteiger partial charge in [0.15, 0.2) is 11.4 Å². The molecule has 2 fully saturated rings. The normalized spacial score (nSPS) is 24.2. The summed E-state index contributed by atoms with van der Waals surface area (Å²) in [5.41, 5.74) is 0.654. The summed E-state index contributed by atoms with van der Waals surface area (Å²) in [5, 5.41) is 13.2. The van der Waals surface area contributed by atoms with Crippen LogP contribution in [0.3, 0.4) is 0 Å². The second-order valence-electron chi connectivity index (χ2n) is 8.55. The number of carbonyl (C=O) groups excluding carboxylic acids is 2. The molecule has 4 heterocycles. The van der Waals surface area contributed by atoms with Crippen LogP contribution in [0.5, 0.6) is 0 Å². The number of morpholine rings is 1. The van der Waals surface area contributed by atoms with Gasteiger partial charge in [0.1, 0.15) is 17.2 Å². The van der Waals surface area contributed by atoms with E-state index in [-0.39, 0.29) is 29.9 Å². The summed E-state index contributed by atoms with van der Waals surface area (Å²) in [6.45, 7) is 6.29. The van der Waals surface area contributed by atoms with Gasteiger partial charge in [0.05, 0.1) is 37.1 Å². The quantitative estimate of drug-likeness (QED) is 0.715. The molecule has 9 heteroatoms. The lowest BCUT2D eigenvalue weighted by molar-refractivity contribution is -0.0861. The topological polar surface area (TPSA) is 110 Å². The van der Waals surface area contributed by atoms with E-state index in [1.807, 2.05) is 26.8 Å². The summed E-state index contributed by atoms with van der Waals surface area (Å²) in [4.78, 5) is 31.8. The van der Waals surface area contributed by atoms with Gasteiger partial charge in [-0.3, -0.25) is 9.69 Å². The number of nitriles is 1. The first-order valence-corrected chi connectivity index (χ1v) is 9.63. The van der Waals surface area contributed by atoms with Crippen LogP contribution in [0, 0.1) is 17.2 Å². The van der Waals surface area contributed by atoms with Crippen LogP contribution in [0.25, 0.3) is 5.65 Å². The zero-order chi connectivity index (χ0) is 20.8. The molecule has 0 N–H and O–H groups in total. The number of fused-ring (bicyclic) bond motifs is 3. The Hall–Kier alpha value is -2.99. The van der Waals surface area contributed by atoms with Crippen molar-refractivity contribution < 1.29 is 19.1 Å². The molecule has 2 aliphatic heterocycles. The van der Waals surface area contributed by atoms with Gasteiger partial charge in [0, 0.05) is 18.3 Å². The molecular weight excluding hydrogens is 374 g/mol. The third kappa shape index (κ3) is 3.68. The molecule has 2 unspecified atom stereocenters. The summed E-state index contributed by atoms with van der Waals surface area (Å²) in [5.74, 6) is -0.271. The minimum atomic E-state index is -0.577. The Kier molecular flexibility index (Phi) is 4.74. The molecule has 0 radical (unpaired) electrons. The fourth-order valence-corrected chi connectivity index (χ4v) is 4.06. The van der Waals surface area contributed by atoms with Crippen molar-refractivity contribution in [3.63, 3.8) is 0 Å². The lowest BCUT2D eigenvalue weighted by atomic mass is 9.81. The highest BCUT2D eigenvalue weighted by molar-refractivity contribution is 5.97. The highest BCUT2D eigenvalue weighted by Crippen LogP contribution is 2.34. The maximum absolute atomic E-state index is 13.1. The fourth-order valence-electron chi connectivity index (χ4n) is 4.06. The van der Waals surface area contributed by atoms with Crippen molar-refractivity contribution in [2.24, 2.45) is 5.92 Å². The number of piperidine rings is 1. The molecule has 0 aromatic carbocycles. The first-order valence-electron chi connectivity index (χ1n) is 9.63. The van der Waals surface area contributed by atoms with Crippen molar-refractivity contribution in [2.75, 3.05) is 13.2 Å².